The molecule has 1 atom stereocenters. The van der Waals surface area contributed by atoms with Gasteiger partial charge in [-0.25, -0.2) is 9.07 Å². The summed E-state index contributed by atoms with van der Waals surface area (Å²) in [6, 6.07) is 5.91. The number of rotatable bonds is 4. The fourth-order valence-electron chi connectivity index (χ4n) is 2.14. The molecule has 0 bridgehead atoms. The first-order chi connectivity index (χ1) is 9.41. The highest BCUT2D eigenvalue weighted by Crippen LogP contribution is 2.30. The van der Waals surface area contributed by atoms with Gasteiger partial charge in [0.1, 0.15) is 11.5 Å². The van der Waals surface area contributed by atoms with Crippen molar-refractivity contribution in [3.05, 3.63) is 51.5 Å². The molecule has 1 heterocycles. The van der Waals surface area contributed by atoms with Gasteiger partial charge >= 0.3 is 5.69 Å². The SMILES string of the molecule is Cc1nn(C)c(NC(C)c2ccccc2F)c1[N+](=O)[O-]. The molecule has 1 aromatic heterocycles. The summed E-state index contributed by atoms with van der Waals surface area (Å²) in [4.78, 5) is 10.6. The van der Waals surface area contributed by atoms with Crippen LogP contribution in [0.4, 0.5) is 15.9 Å². The molecular formula is C13H15FN4O2. The molecule has 1 aromatic carbocycles. The first kappa shape index (κ1) is 14.0. The third kappa shape index (κ3) is 2.47. The number of nitro groups is 1. The van der Waals surface area contributed by atoms with E-state index in [0.717, 1.165) is 0 Å². The topological polar surface area (TPSA) is 73.0 Å². The van der Waals surface area contributed by atoms with Crippen LogP contribution in [0, 0.1) is 22.9 Å². The second-order valence-corrected chi connectivity index (χ2v) is 4.55. The van der Waals surface area contributed by atoms with Crippen molar-refractivity contribution in [2.24, 2.45) is 7.05 Å². The van der Waals surface area contributed by atoms with Crippen LogP contribution in [0.3, 0.4) is 0 Å². The summed E-state index contributed by atoms with van der Waals surface area (Å²) in [6.45, 7) is 3.31. The van der Waals surface area contributed by atoms with Crippen LogP contribution in [-0.2, 0) is 7.05 Å². The van der Waals surface area contributed by atoms with Crippen molar-refractivity contribution in [1.82, 2.24) is 9.78 Å². The summed E-state index contributed by atoms with van der Waals surface area (Å²) in [6.07, 6.45) is 0. The third-order valence-electron chi connectivity index (χ3n) is 3.10. The minimum atomic E-state index is -0.487. The van der Waals surface area contributed by atoms with Crippen LogP contribution < -0.4 is 5.32 Å². The maximum absolute atomic E-state index is 13.7. The average molecular weight is 278 g/mol. The van der Waals surface area contributed by atoms with Gasteiger partial charge in [-0.05, 0) is 19.9 Å². The fourth-order valence-corrected chi connectivity index (χ4v) is 2.14. The molecule has 6 nitrogen and oxygen atoms in total. The Morgan fingerprint density at radius 2 is 2.10 bits per heavy atom. The standard InChI is InChI=1S/C13H15FN4O2/c1-8(10-6-4-5-7-11(10)14)15-13-12(18(19)20)9(2)16-17(13)3/h4-8,15H,1-3H3. The van der Waals surface area contributed by atoms with E-state index in [-0.39, 0.29) is 17.3 Å². The van der Waals surface area contributed by atoms with Crippen LogP contribution in [0.1, 0.15) is 24.2 Å². The van der Waals surface area contributed by atoms with E-state index in [1.807, 2.05) is 0 Å². The molecule has 0 aliphatic rings. The lowest BCUT2D eigenvalue weighted by Crippen LogP contribution is -2.12. The number of hydrogen-bond donors (Lipinski definition) is 1. The van der Waals surface area contributed by atoms with Crippen molar-refractivity contribution in [2.45, 2.75) is 19.9 Å². The first-order valence-electron chi connectivity index (χ1n) is 6.10. The maximum Gasteiger partial charge on any atom is 0.333 e. The molecule has 106 valence electrons. The van der Waals surface area contributed by atoms with Gasteiger partial charge in [-0.2, -0.15) is 5.10 Å². The highest BCUT2D eigenvalue weighted by Gasteiger charge is 2.25. The van der Waals surface area contributed by atoms with E-state index in [9.17, 15) is 14.5 Å². The largest absolute Gasteiger partial charge is 0.358 e. The van der Waals surface area contributed by atoms with Gasteiger partial charge in [0, 0.05) is 12.6 Å². The number of aryl methyl sites for hydroxylation is 2. The predicted molar refractivity (Wildman–Crippen MR) is 73.0 cm³/mol. The van der Waals surface area contributed by atoms with Gasteiger partial charge in [-0.3, -0.25) is 10.1 Å². The number of nitrogens with one attached hydrogen (secondary N) is 1. The molecule has 0 saturated heterocycles. The van der Waals surface area contributed by atoms with Crippen molar-refractivity contribution in [1.29, 1.82) is 0 Å². The van der Waals surface area contributed by atoms with Crippen molar-refractivity contribution in [3.8, 4) is 0 Å². The summed E-state index contributed by atoms with van der Waals surface area (Å²) >= 11 is 0. The number of benzene rings is 1. The van der Waals surface area contributed by atoms with Gasteiger partial charge in [0.2, 0.25) is 5.82 Å². The Balaban J connectivity index is 2.36. The molecule has 2 aromatic rings. The Bertz CT molecular complexity index is 654. The monoisotopic (exact) mass is 278 g/mol. The van der Waals surface area contributed by atoms with E-state index in [4.69, 9.17) is 0 Å². The van der Waals surface area contributed by atoms with Crippen molar-refractivity contribution in [2.75, 3.05) is 5.32 Å². The molecule has 0 aliphatic carbocycles. The average Bonchev–Trinajstić information content (AvgIpc) is 2.64. The third-order valence-corrected chi connectivity index (χ3v) is 3.10. The lowest BCUT2D eigenvalue weighted by Gasteiger charge is -2.15. The molecule has 0 spiro atoms. The van der Waals surface area contributed by atoms with Crippen LogP contribution in [0.5, 0.6) is 0 Å². The fraction of sp³-hybridized carbons (Fsp3) is 0.308. The molecule has 0 aliphatic heterocycles. The minimum absolute atomic E-state index is 0.0873. The minimum Gasteiger partial charge on any atom is -0.358 e. The van der Waals surface area contributed by atoms with Crippen molar-refractivity contribution < 1.29 is 9.31 Å². The molecular weight excluding hydrogens is 263 g/mol. The quantitative estimate of drug-likeness (QED) is 0.689. The van der Waals surface area contributed by atoms with Crippen LogP contribution >= 0.6 is 0 Å². The molecule has 0 fully saturated rings. The lowest BCUT2D eigenvalue weighted by molar-refractivity contribution is -0.384. The van der Waals surface area contributed by atoms with Gasteiger partial charge in [0.05, 0.1) is 11.0 Å². The molecule has 2 rings (SSSR count). The van der Waals surface area contributed by atoms with E-state index >= 15 is 0 Å². The summed E-state index contributed by atoms with van der Waals surface area (Å²) in [5.41, 5.74) is 0.678. The molecule has 7 heteroatoms. The van der Waals surface area contributed by atoms with E-state index < -0.39 is 11.0 Å². The van der Waals surface area contributed by atoms with E-state index in [2.05, 4.69) is 10.4 Å². The summed E-state index contributed by atoms with van der Waals surface area (Å²) in [5.74, 6) is -0.0858. The zero-order chi connectivity index (χ0) is 14.9. The Morgan fingerprint density at radius 1 is 1.45 bits per heavy atom. The molecule has 0 saturated carbocycles. The number of aromatic nitrogens is 2. The van der Waals surface area contributed by atoms with Crippen molar-refractivity contribution >= 4 is 11.5 Å². The Morgan fingerprint density at radius 3 is 2.70 bits per heavy atom. The van der Waals surface area contributed by atoms with Crippen LogP contribution in [0.2, 0.25) is 0 Å². The second-order valence-electron chi connectivity index (χ2n) is 4.55. The summed E-state index contributed by atoms with van der Waals surface area (Å²) in [5, 5.41) is 18.1. The van der Waals surface area contributed by atoms with Gasteiger partial charge in [0.15, 0.2) is 0 Å². The van der Waals surface area contributed by atoms with Crippen LogP contribution in [-0.4, -0.2) is 14.7 Å². The van der Waals surface area contributed by atoms with Crippen molar-refractivity contribution in [3.63, 3.8) is 0 Å². The predicted octanol–water partition coefficient (Wildman–Crippen LogP) is 2.95. The Labute approximate surface area is 115 Å². The molecule has 0 radical (unpaired) electrons. The normalized spacial score (nSPS) is 12.2. The number of hydrogen-bond acceptors (Lipinski definition) is 4. The van der Waals surface area contributed by atoms with Gasteiger partial charge < -0.3 is 5.32 Å². The summed E-state index contributed by atoms with van der Waals surface area (Å²) < 4.78 is 15.1. The van der Waals surface area contributed by atoms with E-state index in [1.54, 1.807) is 39.1 Å². The number of anilines is 1. The van der Waals surface area contributed by atoms with Gasteiger partial charge in [-0.15, -0.1) is 0 Å². The molecule has 0 amide bonds. The maximum atomic E-state index is 13.7. The Hall–Kier alpha value is -2.44. The van der Waals surface area contributed by atoms with Gasteiger partial charge in [-0.1, -0.05) is 18.2 Å². The molecule has 1 N–H and O–H groups in total. The van der Waals surface area contributed by atoms with E-state index in [0.29, 0.717) is 11.3 Å². The van der Waals surface area contributed by atoms with E-state index in [1.165, 1.54) is 10.7 Å². The van der Waals surface area contributed by atoms with Crippen LogP contribution in [0.15, 0.2) is 24.3 Å². The molecule has 20 heavy (non-hydrogen) atoms. The zero-order valence-corrected chi connectivity index (χ0v) is 11.4. The number of halogens is 1. The second kappa shape index (κ2) is 5.28. The lowest BCUT2D eigenvalue weighted by atomic mass is 10.1. The highest BCUT2D eigenvalue weighted by molar-refractivity contribution is 5.60. The smallest absolute Gasteiger partial charge is 0.333 e. The number of nitrogens with zero attached hydrogens (tertiary/aromatic N) is 3. The Kier molecular flexibility index (Phi) is 3.69. The highest BCUT2D eigenvalue weighted by atomic mass is 19.1. The summed E-state index contributed by atoms with van der Waals surface area (Å²) in [7, 11) is 1.61. The molecule has 1 unspecified atom stereocenters. The zero-order valence-electron chi connectivity index (χ0n) is 11.4. The van der Waals surface area contributed by atoms with Crippen LogP contribution in [0.25, 0.3) is 0 Å². The van der Waals surface area contributed by atoms with Gasteiger partial charge in [0.25, 0.3) is 0 Å². The first-order valence-corrected chi connectivity index (χ1v) is 6.10.